The van der Waals surface area contributed by atoms with Gasteiger partial charge in [-0.25, -0.2) is 4.98 Å². The van der Waals surface area contributed by atoms with Crippen molar-refractivity contribution in [2.45, 2.75) is 39.0 Å². The summed E-state index contributed by atoms with van der Waals surface area (Å²) in [7, 11) is 1.61. The molecule has 25 heavy (non-hydrogen) atoms. The molecule has 0 fully saturated rings. The quantitative estimate of drug-likeness (QED) is 0.614. The highest BCUT2D eigenvalue weighted by Crippen LogP contribution is 2.29. The molecule has 1 aromatic heterocycles. The highest BCUT2D eigenvalue weighted by molar-refractivity contribution is 7.09. The molecule has 4 nitrogen and oxygen atoms in total. The van der Waals surface area contributed by atoms with Crippen LogP contribution in [0.5, 0.6) is 0 Å². The van der Waals surface area contributed by atoms with E-state index in [1.54, 1.807) is 24.5 Å². The summed E-state index contributed by atoms with van der Waals surface area (Å²) in [6, 6.07) is 5.24. The summed E-state index contributed by atoms with van der Waals surface area (Å²) in [5.41, 5.74) is 0.794. The van der Waals surface area contributed by atoms with E-state index in [1.807, 2.05) is 5.38 Å². The van der Waals surface area contributed by atoms with E-state index >= 15 is 0 Å². The van der Waals surface area contributed by atoms with Gasteiger partial charge in [0, 0.05) is 24.9 Å². The van der Waals surface area contributed by atoms with Gasteiger partial charge in [0.25, 0.3) is 0 Å². The van der Waals surface area contributed by atoms with Gasteiger partial charge in [0.05, 0.1) is 22.8 Å². The van der Waals surface area contributed by atoms with Gasteiger partial charge in [-0.2, -0.15) is 13.2 Å². The molecule has 1 heterocycles. The third-order valence-corrected chi connectivity index (χ3v) is 4.63. The molecule has 0 bridgehead atoms. The van der Waals surface area contributed by atoms with E-state index in [0.29, 0.717) is 24.0 Å². The molecule has 0 atom stereocenters. The van der Waals surface area contributed by atoms with E-state index in [4.69, 9.17) is 0 Å². The summed E-state index contributed by atoms with van der Waals surface area (Å²) in [6.07, 6.45) is -4.34. The summed E-state index contributed by atoms with van der Waals surface area (Å²) in [5.74, 6) is 0.897. The molecule has 2 aromatic rings. The molecule has 1 aromatic carbocycles. The Morgan fingerprint density at radius 2 is 1.96 bits per heavy atom. The number of nitrogens with one attached hydrogen (secondary N) is 2. The van der Waals surface area contributed by atoms with Crippen LogP contribution in [0.15, 0.2) is 34.6 Å². The molecule has 2 rings (SSSR count). The molecule has 0 aliphatic rings. The molecule has 136 valence electrons. The fourth-order valence-electron chi connectivity index (χ4n) is 2.11. The van der Waals surface area contributed by atoms with Crippen molar-refractivity contribution >= 4 is 17.3 Å². The predicted octanol–water partition coefficient (Wildman–Crippen LogP) is 4.15. The number of hydrogen-bond donors (Lipinski definition) is 2. The number of rotatable bonds is 5. The van der Waals surface area contributed by atoms with Gasteiger partial charge in [0.1, 0.15) is 0 Å². The van der Waals surface area contributed by atoms with Crippen LogP contribution in [-0.4, -0.2) is 18.0 Å². The summed E-state index contributed by atoms with van der Waals surface area (Å²) in [6.45, 7) is 4.93. The summed E-state index contributed by atoms with van der Waals surface area (Å²) in [5, 5.41) is 9.19. The van der Waals surface area contributed by atoms with E-state index in [0.717, 1.165) is 22.8 Å². The number of halogens is 3. The van der Waals surface area contributed by atoms with Gasteiger partial charge >= 0.3 is 6.18 Å². The van der Waals surface area contributed by atoms with Crippen molar-refractivity contribution < 1.29 is 13.2 Å². The Hall–Kier alpha value is -2.09. The number of aromatic nitrogens is 1. The second-order valence-corrected chi connectivity index (χ2v) is 6.70. The first-order valence-electron chi connectivity index (χ1n) is 7.84. The van der Waals surface area contributed by atoms with Crippen molar-refractivity contribution in [3.05, 3.63) is 51.5 Å². The van der Waals surface area contributed by atoms with Gasteiger partial charge in [-0.3, -0.25) is 4.99 Å². The smallest absolute Gasteiger partial charge is 0.352 e. The molecule has 0 aliphatic carbocycles. The van der Waals surface area contributed by atoms with Crippen LogP contribution in [-0.2, 0) is 19.3 Å². The van der Waals surface area contributed by atoms with Gasteiger partial charge in [-0.15, -0.1) is 11.3 Å². The third-order valence-electron chi connectivity index (χ3n) is 3.44. The van der Waals surface area contributed by atoms with Crippen molar-refractivity contribution in [2.24, 2.45) is 4.99 Å². The summed E-state index contributed by atoms with van der Waals surface area (Å²) < 4.78 is 38.2. The van der Waals surface area contributed by atoms with Gasteiger partial charge in [-0.1, -0.05) is 26.0 Å². The average Bonchev–Trinajstić information content (AvgIpc) is 3.04. The predicted molar refractivity (Wildman–Crippen MR) is 94.7 cm³/mol. The summed E-state index contributed by atoms with van der Waals surface area (Å²) >= 11 is 1.61. The van der Waals surface area contributed by atoms with Gasteiger partial charge < -0.3 is 10.6 Å². The van der Waals surface area contributed by atoms with Crippen molar-refractivity contribution in [2.75, 3.05) is 7.05 Å². The van der Waals surface area contributed by atoms with Crippen LogP contribution >= 0.6 is 11.3 Å². The van der Waals surface area contributed by atoms with Crippen molar-refractivity contribution in [3.8, 4) is 0 Å². The van der Waals surface area contributed by atoms with Gasteiger partial charge in [-0.05, 0) is 17.7 Å². The lowest BCUT2D eigenvalue weighted by Gasteiger charge is -2.12. The molecule has 0 aliphatic heterocycles. The SMILES string of the molecule is CN=C(NCc1cccc(C(F)(F)F)c1)NCc1csc(C(C)C)n1. The Kier molecular flexibility index (Phi) is 6.41. The topological polar surface area (TPSA) is 49.3 Å². The second kappa shape index (κ2) is 8.33. The minimum atomic E-state index is -4.34. The zero-order valence-corrected chi connectivity index (χ0v) is 15.1. The first-order chi connectivity index (χ1) is 11.8. The zero-order valence-electron chi connectivity index (χ0n) is 14.3. The first-order valence-corrected chi connectivity index (χ1v) is 8.72. The van der Waals surface area contributed by atoms with Crippen LogP contribution in [0.25, 0.3) is 0 Å². The lowest BCUT2D eigenvalue weighted by atomic mass is 10.1. The lowest BCUT2D eigenvalue weighted by molar-refractivity contribution is -0.137. The Balaban J connectivity index is 1.90. The van der Waals surface area contributed by atoms with Crippen LogP contribution in [0.2, 0.25) is 0 Å². The van der Waals surface area contributed by atoms with Crippen LogP contribution in [0.3, 0.4) is 0 Å². The normalized spacial score (nSPS) is 12.5. The number of aliphatic imine (C=N–C) groups is 1. The maximum absolute atomic E-state index is 12.7. The second-order valence-electron chi connectivity index (χ2n) is 5.81. The van der Waals surface area contributed by atoms with Gasteiger partial charge in [0.2, 0.25) is 0 Å². The monoisotopic (exact) mass is 370 g/mol. The molecule has 0 saturated heterocycles. The van der Waals surface area contributed by atoms with Crippen molar-refractivity contribution in [1.29, 1.82) is 0 Å². The third kappa shape index (κ3) is 5.74. The molecular formula is C17H21F3N4S. The van der Waals surface area contributed by atoms with Crippen LogP contribution < -0.4 is 10.6 Å². The van der Waals surface area contributed by atoms with E-state index < -0.39 is 11.7 Å². The minimum Gasteiger partial charge on any atom is -0.352 e. The minimum absolute atomic E-state index is 0.248. The van der Waals surface area contributed by atoms with E-state index in [-0.39, 0.29) is 6.54 Å². The molecule has 0 spiro atoms. The Morgan fingerprint density at radius 3 is 2.56 bits per heavy atom. The standard InChI is InChI=1S/C17H21F3N4S/c1-11(2)15-24-14(10-25-15)9-23-16(21-3)22-8-12-5-4-6-13(7-12)17(18,19)20/h4-7,10-11H,8-9H2,1-3H3,(H2,21,22,23). The number of thiazole rings is 1. The molecule has 0 radical (unpaired) electrons. The fraction of sp³-hybridized carbons (Fsp3) is 0.412. The van der Waals surface area contributed by atoms with E-state index in [2.05, 4.69) is 34.5 Å². The van der Waals surface area contributed by atoms with E-state index in [1.165, 1.54) is 6.07 Å². The maximum atomic E-state index is 12.7. The molecule has 0 amide bonds. The number of alkyl halides is 3. The first kappa shape index (κ1) is 19.2. The highest BCUT2D eigenvalue weighted by atomic mass is 32.1. The Labute approximate surface area is 149 Å². The number of nitrogens with zero attached hydrogens (tertiary/aromatic N) is 2. The Bertz CT molecular complexity index is 723. The number of benzene rings is 1. The number of hydrogen-bond acceptors (Lipinski definition) is 3. The van der Waals surface area contributed by atoms with Crippen LogP contribution in [0.4, 0.5) is 13.2 Å². The Morgan fingerprint density at radius 1 is 1.24 bits per heavy atom. The molecule has 8 heteroatoms. The fourth-order valence-corrected chi connectivity index (χ4v) is 2.94. The van der Waals surface area contributed by atoms with Gasteiger partial charge in [0.15, 0.2) is 5.96 Å². The average molecular weight is 370 g/mol. The van der Waals surface area contributed by atoms with Crippen molar-refractivity contribution in [1.82, 2.24) is 15.6 Å². The molecular weight excluding hydrogens is 349 g/mol. The lowest BCUT2D eigenvalue weighted by Crippen LogP contribution is -2.36. The largest absolute Gasteiger partial charge is 0.416 e. The highest BCUT2D eigenvalue weighted by Gasteiger charge is 2.30. The molecule has 2 N–H and O–H groups in total. The maximum Gasteiger partial charge on any atom is 0.416 e. The van der Waals surface area contributed by atoms with Crippen LogP contribution in [0, 0.1) is 0 Å². The van der Waals surface area contributed by atoms with Crippen molar-refractivity contribution in [3.63, 3.8) is 0 Å². The van der Waals surface area contributed by atoms with Crippen LogP contribution in [0.1, 0.15) is 41.6 Å². The summed E-state index contributed by atoms with van der Waals surface area (Å²) in [4.78, 5) is 8.60. The zero-order chi connectivity index (χ0) is 18.4. The molecule has 0 saturated carbocycles. The van der Waals surface area contributed by atoms with E-state index in [9.17, 15) is 13.2 Å². The molecule has 0 unspecified atom stereocenters. The number of guanidine groups is 1.